The number of amides is 3. The van der Waals surface area contributed by atoms with Crippen LogP contribution in [0.3, 0.4) is 0 Å². The lowest BCUT2D eigenvalue weighted by Gasteiger charge is -2.26. The van der Waals surface area contributed by atoms with Crippen LogP contribution in [0.25, 0.3) is 0 Å². The van der Waals surface area contributed by atoms with Gasteiger partial charge in [0, 0.05) is 6.42 Å². The second-order valence-electron chi connectivity index (χ2n) is 7.84. The van der Waals surface area contributed by atoms with Crippen LogP contribution >= 0.6 is 0 Å². The molecule has 180 valence electrons. The number of hydrogen-bond acceptors (Lipinski definition) is 7. The number of ketones is 1. The highest BCUT2D eigenvalue weighted by Gasteiger charge is 2.31. The molecule has 0 aliphatic rings. The molecule has 3 amide bonds. The highest BCUT2D eigenvalue weighted by atomic mass is 16.3. The SMILES string of the molecule is CCCCCCCC(=O)N[C@@H](CCN)C(=O)N[C@H](C(=O)N[C@@H](CCN)C(C)=O)C(C)O. The molecular formula is C21H41N5O5. The van der Waals surface area contributed by atoms with E-state index < -0.39 is 36.0 Å². The summed E-state index contributed by atoms with van der Waals surface area (Å²) in [6.45, 7) is 5.14. The molecule has 0 aliphatic heterocycles. The molecule has 10 heteroatoms. The molecule has 4 atom stereocenters. The van der Waals surface area contributed by atoms with Crippen LogP contribution in [-0.2, 0) is 19.2 Å². The summed E-state index contributed by atoms with van der Waals surface area (Å²) in [5.41, 5.74) is 11.0. The highest BCUT2D eigenvalue weighted by molar-refractivity contribution is 5.94. The van der Waals surface area contributed by atoms with Gasteiger partial charge in [0.2, 0.25) is 17.7 Å². The van der Waals surface area contributed by atoms with Gasteiger partial charge in [0.05, 0.1) is 12.1 Å². The Hall–Kier alpha value is -2.04. The van der Waals surface area contributed by atoms with E-state index in [0.717, 1.165) is 32.1 Å². The van der Waals surface area contributed by atoms with E-state index in [1.807, 2.05) is 0 Å². The maximum Gasteiger partial charge on any atom is 0.245 e. The zero-order valence-electron chi connectivity index (χ0n) is 19.1. The molecule has 31 heavy (non-hydrogen) atoms. The quantitative estimate of drug-likeness (QED) is 0.164. The van der Waals surface area contributed by atoms with E-state index >= 15 is 0 Å². The van der Waals surface area contributed by atoms with Crippen molar-refractivity contribution < 1.29 is 24.3 Å². The van der Waals surface area contributed by atoms with E-state index in [9.17, 15) is 24.3 Å². The van der Waals surface area contributed by atoms with Gasteiger partial charge in [0.15, 0.2) is 5.78 Å². The van der Waals surface area contributed by atoms with Gasteiger partial charge in [-0.2, -0.15) is 0 Å². The summed E-state index contributed by atoms with van der Waals surface area (Å²) >= 11 is 0. The molecule has 0 radical (unpaired) electrons. The predicted octanol–water partition coefficient (Wildman–Crippen LogP) is -0.531. The number of hydrogen-bond donors (Lipinski definition) is 6. The Kier molecular flexibility index (Phi) is 15.5. The summed E-state index contributed by atoms with van der Waals surface area (Å²) < 4.78 is 0. The van der Waals surface area contributed by atoms with Crippen LogP contribution in [0.15, 0.2) is 0 Å². The smallest absolute Gasteiger partial charge is 0.245 e. The summed E-state index contributed by atoms with van der Waals surface area (Å²) in [5.74, 6) is -1.86. The van der Waals surface area contributed by atoms with Gasteiger partial charge in [-0.25, -0.2) is 0 Å². The second-order valence-corrected chi connectivity index (χ2v) is 7.84. The van der Waals surface area contributed by atoms with Crippen molar-refractivity contribution in [3.63, 3.8) is 0 Å². The maximum atomic E-state index is 12.7. The molecule has 0 bridgehead atoms. The number of carbonyl (C=O) groups excluding carboxylic acids is 4. The number of aliphatic hydroxyl groups is 1. The Labute approximate surface area is 185 Å². The van der Waals surface area contributed by atoms with Crippen molar-refractivity contribution in [3.8, 4) is 0 Å². The molecule has 0 fully saturated rings. The standard InChI is InChI=1S/C21H41N5O5/c1-4-5-6-7-8-9-18(29)24-17(11-13-23)20(30)26-19(15(3)28)21(31)25-16(10-12-22)14(2)27/h15-17,19,28H,4-13,22-23H2,1-3H3,(H,24,29)(H,25,31)(H,26,30)/t15?,16-,17-,19-/m0/s1. The van der Waals surface area contributed by atoms with Gasteiger partial charge in [-0.05, 0) is 46.2 Å². The maximum absolute atomic E-state index is 12.7. The van der Waals surface area contributed by atoms with Gasteiger partial charge in [0.1, 0.15) is 12.1 Å². The largest absolute Gasteiger partial charge is 0.391 e. The minimum Gasteiger partial charge on any atom is -0.391 e. The van der Waals surface area contributed by atoms with E-state index in [1.165, 1.54) is 13.8 Å². The monoisotopic (exact) mass is 443 g/mol. The van der Waals surface area contributed by atoms with Crippen molar-refractivity contribution in [3.05, 3.63) is 0 Å². The first-order chi connectivity index (χ1) is 14.7. The van der Waals surface area contributed by atoms with Crippen LogP contribution in [0, 0.1) is 0 Å². The molecule has 0 heterocycles. The topological polar surface area (TPSA) is 177 Å². The van der Waals surface area contributed by atoms with Crippen LogP contribution < -0.4 is 27.4 Å². The first kappa shape index (κ1) is 29.0. The van der Waals surface area contributed by atoms with Crippen molar-refractivity contribution in [1.82, 2.24) is 16.0 Å². The highest BCUT2D eigenvalue weighted by Crippen LogP contribution is 2.06. The fourth-order valence-electron chi connectivity index (χ4n) is 3.06. The van der Waals surface area contributed by atoms with Gasteiger partial charge < -0.3 is 32.5 Å². The molecule has 0 aliphatic carbocycles. The van der Waals surface area contributed by atoms with Crippen molar-refractivity contribution in [1.29, 1.82) is 0 Å². The molecule has 0 rings (SSSR count). The van der Waals surface area contributed by atoms with Crippen molar-refractivity contribution >= 4 is 23.5 Å². The molecule has 0 saturated heterocycles. The zero-order chi connectivity index (χ0) is 23.8. The summed E-state index contributed by atoms with van der Waals surface area (Å²) in [6, 6.07) is -3.02. The summed E-state index contributed by atoms with van der Waals surface area (Å²) in [6.07, 6.45) is 4.48. The van der Waals surface area contributed by atoms with Crippen LogP contribution in [0.2, 0.25) is 0 Å². The first-order valence-electron chi connectivity index (χ1n) is 11.2. The Morgan fingerprint density at radius 3 is 1.94 bits per heavy atom. The number of aliphatic hydroxyl groups excluding tert-OH is 1. The summed E-state index contributed by atoms with van der Waals surface area (Å²) in [7, 11) is 0. The zero-order valence-corrected chi connectivity index (χ0v) is 19.1. The molecule has 0 aromatic heterocycles. The van der Waals surface area contributed by atoms with Crippen LogP contribution in [0.5, 0.6) is 0 Å². The van der Waals surface area contributed by atoms with E-state index in [4.69, 9.17) is 11.5 Å². The number of carbonyl (C=O) groups is 4. The number of rotatable bonds is 17. The third-order valence-corrected chi connectivity index (χ3v) is 4.94. The van der Waals surface area contributed by atoms with Gasteiger partial charge in [0.25, 0.3) is 0 Å². The Balaban J connectivity index is 4.95. The van der Waals surface area contributed by atoms with Crippen LogP contribution in [0.1, 0.15) is 72.1 Å². The average Bonchev–Trinajstić information content (AvgIpc) is 2.70. The van der Waals surface area contributed by atoms with E-state index in [-0.39, 0.29) is 37.6 Å². The Bertz CT molecular complexity index is 570. The van der Waals surface area contributed by atoms with E-state index in [0.29, 0.717) is 6.42 Å². The first-order valence-corrected chi connectivity index (χ1v) is 11.2. The summed E-state index contributed by atoms with van der Waals surface area (Å²) in [5, 5.41) is 17.6. The van der Waals surface area contributed by atoms with Gasteiger partial charge in [-0.3, -0.25) is 19.2 Å². The molecule has 1 unspecified atom stereocenters. The molecule has 0 saturated carbocycles. The number of nitrogens with one attached hydrogen (secondary N) is 3. The lowest BCUT2D eigenvalue weighted by Crippen LogP contribution is -2.59. The predicted molar refractivity (Wildman–Crippen MR) is 119 cm³/mol. The normalized spacial score (nSPS) is 14.8. The van der Waals surface area contributed by atoms with Gasteiger partial charge in [-0.1, -0.05) is 32.6 Å². The molecule has 8 N–H and O–H groups in total. The van der Waals surface area contributed by atoms with Gasteiger partial charge >= 0.3 is 0 Å². The average molecular weight is 444 g/mol. The fourth-order valence-corrected chi connectivity index (χ4v) is 3.06. The van der Waals surface area contributed by atoms with Crippen molar-refractivity contribution in [2.24, 2.45) is 11.5 Å². The van der Waals surface area contributed by atoms with E-state index in [1.54, 1.807) is 0 Å². The van der Waals surface area contributed by atoms with Gasteiger partial charge in [-0.15, -0.1) is 0 Å². The Morgan fingerprint density at radius 1 is 0.839 bits per heavy atom. The Morgan fingerprint density at radius 2 is 1.42 bits per heavy atom. The summed E-state index contributed by atoms with van der Waals surface area (Å²) in [4.78, 5) is 49.1. The lowest BCUT2D eigenvalue weighted by molar-refractivity contribution is -0.135. The van der Waals surface area contributed by atoms with Crippen molar-refractivity contribution in [2.45, 2.75) is 96.4 Å². The van der Waals surface area contributed by atoms with Crippen LogP contribution in [0.4, 0.5) is 0 Å². The van der Waals surface area contributed by atoms with E-state index in [2.05, 4.69) is 22.9 Å². The van der Waals surface area contributed by atoms with Crippen LogP contribution in [-0.4, -0.2) is 65.9 Å². The second kappa shape index (κ2) is 16.6. The van der Waals surface area contributed by atoms with Crippen molar-refractivity contribution in [2.75, 3.05) is 13.1 Å². The number of nitrogens with two attached hydrogens (primary N) is 2. The molecule has 0 aromatic carbocycles. The molecule has 0 spiro atoms. The fraction of sp³-hybridized carbons (Fsp3) is 0.810. The molecule has 0 aromatic rings. The minimum absolute atomic E-state index is 0.156. The number of Topliss-reactive ketones (excluding diaryl/α,β-unsaturated/α-hetero) is 1. The minimum atomic E-state index is -1.29. The lowest BCUT2D eigenvalue weighted by atomic mass is 10.1. The molecular weight excluding hydrogens is 402 g/mol. The third-order valence-electron chi connectivity index (χ3n) is 4.94. The third kappa shape index (κ3) is 12.4. The molecule has 10 nitrogen and oxygen atoms in total. The number of unbranched alkanes of at least 4 members (excludes halogenated alkanes) is 4.